The van der Waals surface area contributed by atoms with Gasteiger partial charge in [-0.05, 0) is 72.6 Å². The maximum absolute atomic E-state index is 5.51. The molecule has 0 spiro atoms. The lowest BCUT2D eigenvalue weighted by Crippen LogP contribution is -2.50. The summed E-state index contributed by atoms with van der Waals surface area (Å²) in [7, 11) is 0. The first-order chi connectivity index (χ1) is 11.3. The maximum atomic E-state index is 5.51. The zero-order chi connectivity index (χ0) is 15.3. The number of hydrogen-bond donors (Lipinski definition) is 0. The third kappa shape index (κ3) is 2.34. The Morgan fingerprint density at radius 3 is 2.35 bits per heavy atom. The third-order valence-electron chi connectivity index (χ3n) is 6.90. The van der Waals surface area contributed by atoms with E-state index < -0.39 is 0 Å². The summed E-state index contributed by atoms with van der Waals surface area (Å²) < 4.78 is 5.51. The van der Waals surface area contributed by atoms with Crippen molar-refractivity contribution in [1.29, 1.82) is 0 Å². The highest BCUT2D eigenvalue weighted by Gasteiger charge is 2.53. The Bertz CT molecular complexity index is 584. The standard InChI is InChI=1S/C21H27NO/c1-2-4-19(5-3-1)21-12-16-10-17(13-21)20(18(11-16)14-21)15-22-6-8-23-9-7-22/h1-5,15-18H,6-14H2/t16?,17-,18+,21?. The minimum absolute atomic E-state index is 0.486. The van der Waals surface area contributed by atoms with Gasteiger partial charge < -0.3 is 9.64 Å². The smallest absolute Gasteiger partial charge is 0.0642 e. The van der Waals surface area contributed by atoms with E-state index in [0.29, 0.717) is 5.41 Å². The molecule has 4 saturated carbocycles. The second kappa shape index (κ2) is 5.37. The van der Waals surface area contributed by atoms with Gasteiger partial charge in [0, 0.05) is 13.1 Å². The molecule has 1 aromatic carbocycles. The summed E-state index contributed by atoms with van der Waals surface area (Å²) in [5.41, 5.74) is 3.89. The second-order valence-corrected chi connectivity index (χ2v) is 8.27. The molecular formula is C21H27NO. The Labute approximate surface area is 139 Å². The van der Waals surface area contributed by atoms with Gasteiger partial charge in [-0.1, -0.05) is 30.3 Å². The van der Waals surface area contributed by atoms with E-state index >= 15 is 0 Å². The summed E-state index contributed by atoms with van der Waals surface area (Å²) in [6.45, 7) is 3.96. The van der Waals surface area contributed by atoms with Crippen molar-refractivity contribution in [3.05, 3.63) is 47.7 Å². The molecule has 122 valence electrons. The highest BCUT2D eigenvalue weighted by molar-refractivity contribution is 5.34. The number of morpholine rings is 1. The summed E-state index contributed by atoms with van der Waals surface area (Å²) in [5, 5.41) is 0. The fraction of sp³-hybridized carbons (Fsp3) is 0.619. The van der Waals surface area contributed by atoms with Crippen LogP contribution in [0.4, 0.5) is 0 Å². The number of rotatable bonds is 2. The Hall–Kier alpha value is -1.28. The first-order valence-corrected chi connectivity index (χ1v) is 9.41. The molecule has 5 aliphatic rings. The highest BCUT2D eigenvalue weighted by atomic mass is 16.5. The summed E-state index contributed by atoms with van der Waals surface area (Å²) >= 11 is 0. The fourth-order valence-electron chi connectivity index (χ4n) is 6.09. The lowest BCUT2D eigenvalue weighted by molar-refractivity contribution is 0.0322. The lowest BCUT2D eigenvalue weighted by Gasteiger charge is -2.58. The molecule has 23 heavy (non-hydrogen) atoms. The van der Waals surface area contributed by atoms with E-state index in [0.717, 1.165) is 44.1 Å². The van der Waals surface area contributed by atoms with Gasteiger partial charge in [-0.25, -0.2) is 0 Å². The van der Waals surface area contributed by atoms with Gasteiger partial charge in [0.15, 0.2) is 0 Å². The minimum Gasteiger partial charge on any atom is -0.378 e. The summed E-state index contributed by atoms with van der Waals surface area (Å²) in [5.74, 6) is 2.64. The quantitative estimate of drug-likeness (QED) is 0.819. The Morgan fingerprint density at radius 2 is 1.65 bits per heavy atom. The van der Waals surface area contributed by atoms with Crippen LogP contribution in [0.2, 0.25) is 0 Å². The van der Waals surface area contributed by atoms with Crippen molar-refractivity contribution < 1.29 is 4.74 Å². The second-order valence-electron chi connectivity index (χ2n) is 8.27. The monoisotopic (exact) mass is 309 g/mol. The molecule has 0 N–H and O–H groups in total. The molecule has 1 aromatic rings. The predicted molar refractivity (Wildman–Crippen MR) is 92.2 cm³/mol. The molecule has 0 aromatic heterocycles. The van der Waals surface area contributed by atoms with E-state index in [4.69, 9.17) is 4.74 Å². The number of allylic oxidation sites excluding steroid dienone is 1. The van der Waals surface area contributed by atoms with Crippen molar-refractivity contribution in [3.63, 3.8) is 0 Å². The van der Waals surface area contributed by atoms with Gasteiger partial charge in [0.2, 0.25) is 0 Å². The molecule has 0 amide bonds. The van der Waals surface area contributed by atoms with E-state index in [-0.39, 0.29) is 0 Å². The largest absolute Gasteiger partial charge is 0.378 e. The van der Waals surface area contributed by atoms with Gasteiger partial charge in [-0.2, -0.15) is 0 Å². The van der Waals surface area contributed by atoms with Gasteiger partial charge in [-0.15, -0.1) is 0 Å². The molecule has 2 nitrogen and oxygen atoms in total. The maximum Gasteiger partial charge on any atom is 0.0642 e. The first-order valence-electron chi connectivity index (χ1n) is 9.41. The van der Waals surface area contributed by atoms with Crippen molar-refractivity contribution in [2.75, 3.05) is 26.3 Å². The van der Waals surface area contributed by atoms with Crippen molar-refractivity contribution in [1.82, 2.24) is 4.90 Å². The van der Waals surface area contributed by atoms with Crippen molar-refractivity contribution in [2.24, 2.45) is 17.8 Å². The number of nitrogens with zero attached hydrogens (tertiary/aromatic N) is 1. The Balaban J connectivity index is 1.45. The van der Waals surface area contributed by atoms with Crippen LogP contribution in [-0.4, -0.2) is 31.2 Å². The molecule has 1 aliphatic heterocycles. The lowest BCUT2D eigenvalue weighted by atomic mass is 9.46. The number of hydrogen-bond acceptors (Lipinski definition) is 2. The first kappa shape index (κ1) is 14.1. The van der Waals surface area contributed by atoms with Crippen molar-refractivity contribution in [3.8, 4) is 0 Å². The molecule has 0 radical (unpaired) electrons. The van der Waals surface area contributed by atoms with Crippen LogP contribution in [0.1, 0.15) is 37.7 Å². The number of benzene rings is 1. The van der Waals surface area contributed by atoms with Gasteiger partial charge in [0.05, 0.1) is 13.2 Å². The van der Waals surface area contributed by atoms with E-state index in [2.05, 4.69) is 41.4 Å². The summed E-state index contributed by atoms with van der Waals surface area (Å²) in [4.78, 5) is 2.52. The Kier molecular flexibility index (Phi) is 3.29. The third-order valence-corrected chi connectivity index (χ3v) is 6.90. The van der Waals surface area contributed by atoms with Gasteiger partial charge >= 0.3 is 0 Å². The molecule has 1 heterocycles. The molecule has 1 saturated heterocycles. The normalized spacial score (nSPS) is 40.8. The van der Waals surface area contributed by atoms with Crippen LogP contribution in [-0.2, 0) is 10.2 Å². The van der Waals surface area contributed by atoms with Gasteiger partial charge in [0.1, 0.15) is 0 Å². The van der Waals surface area contributed by atoms with Crippen LogP contribution in [0.5, 0.6) is 0 Å². The average molecular weight is 309 g/mol. The molecule has 4 bridgehead atoms. The van der Waals surface area contributed by atoms with Crippen molar-refractivity contribution in [2.45, 2.75) is 37.5 Å². The van der Waals surface area contributed by atoms with E-state index in [1.54, 1.807) is 11.1 Å². The van der Waals surface area contributed by atoms with Gasteiger partial charge in [0.25, 0.3) is 0 Å². The molecule has 2 unspecified atom stereocenters. The Morgan fingerprint density at radius 1 is 0.957 bits per heavy atom. The van der Waals surface area contributed by atoms with Crippen LogP contribution < -0.4 is 0 Å². The molecule has 6 rings (SSSR count). The van der Waals surface area contributed by atoms with Crippen LogP contribution in [0.15, 0.2) is 42.1 Å². The zero-order valence-electron chi connectivity index (χ0n) is 13.9. The summed E-state index contributed by atoms with van der Waals surface area (Å²) in [6, 6.07) is 11.4. The molecule has 4 atom stereocenters. The van der Waals surface area contributed by atoms with E-state index in [9.17, 15) is 0 Å². The minimum atomic E-state index is 0.486. The zero-order valence-corrected chi connectivity index (χ0v) is 13.9. The van der Waals surface area contributed by atoms with Crippen LogP contribution in [0, 0.1) is 17.8 Å². The summed E-state index contributed by atoms with van der Waals surface area (Å²) in [6.07, 6.45) is 9.66. The average Bonchev–Trinajstić information content (AvgIpc) is 2.59. The molecule has 2 heteroatoms. The molecular weight excluding hydrogens is 282 g/mol. The van der Waals surface area contributed by atoms with Gasteiger partial charge in [-0.3, -0.25) is 0 Å². The number of ether oxygens (including phenoxy) is 1. The topological polar surface area (TPSA) is 12.5 Å². The van der Waals surface area contributed by atoms with Crippen LogP contribution >= 0.6 is 0 Å². The fourth-order valence-corrected chi connectivity index (χ4v) is 6.09. The highest BCUT2D eigenvalue weighted by Crippen LogP contribution is 2.62. The van der Waals surface area contributed by atoms with Crippen LogP contribution in [0.25, 0.3) is 0 Å². The van der Waals surface area contributed by atoms with E-state index in [1.807, 2.05) is 0 Å². The van der Waals surface area contributed by atoms with Crippen LogP contribution in [0.3, 0.4) is 0 Å². The molecule has 4 aliphatic carbocycles. The SMILES string of the molecule is C(=C1[C@@H]2CC3C[C@H]1CC(c1ccccc1)(C3)C2)N1CCOCC1. The molecule has 5 fully saturated rings. The van der Waals surface area contributed by atoms with Crippen molar-refractivity contribution >= 4 is 0 Å². The van der Waals surface area contributed by atoms with E-state index in [1.165, 1.54) is 32.1 Å². The predicted octanol–water partition coefficient (Wildman–Crippen LogP) is 3.98.